The summed E-state index contributed by atoms with van der Waals surface area (Å²) in [5.41, 5.74) is 3.42. The van der Waals surface area contributed by atoms with Crippen molar-refractivity contribution in [1.82, 2.24) is 0 Å². The topological polar surface area (TPSA) is 20.2 Å². The average molecular weight is 202 g/mol. The van der Waals surface area contributed by atoms with Crippen LogP contribution < -0.4 is 0 Å². The minimum atomic E-state index is -0.383. The molecule has 0 amide bonds. The predicted octanol–water partition coefficient (Wildman–Crippen LogP) is 3.14. The zero-order valence-electron chi connectivity index (χ0n) is 9.67. The molecule has 15 heavy (non-hydrogen) atoms. The normalized spacial score (nSPS) is 11.7. The van der Waals surface area contributed by atoms with Crippen LogP contribution in [0.25, 0.3) is 0 Å². The largest absolute Gasteiger partial charge is 0.388 e. The molecule has 1 aromatic rings. The summed E-state index contributed by atoms with van der Waals surface area (Å²) in [4.78, 5) is 0. The quantitative estimate of drug-likeness (QED) is 0.746. The minimum Gasteiger partial charge on any atom is -0.388 e. The molecular weight excluding hydrogens is 184 g/mol. The first-order valence-electron chi connectivity index (χ1n) is 5.30. The Balaban J connectivity index is 2.71. The Hall–Kier alpha value is -1.26. The lowest BCUT2D eigenvalue weighted by molar-refractivity contribution is 0.168. The molecule has 1 atom stereocenters. The third kappa shape index (κ3) is 3.42. The third-order valence-corrected chi connectivity index (χ3v) is 2.50. The number of benzene rings is 1. The maximum atomic E-state index is 9.95. The molecule has 0 saturated carbocycles. The van der Waals surface area contributed by atoms with Gasteiger partial charge < -0.3 is 5.11 Å². The number of aliphatic hydroxyl groups excluding tert-OH is 1. The van der Waals surface area contributed by atoms with E-state index in [-0.39, 0.29) is 6.10 Å². The Labute approximate surface area is 92.1 Å². The molecule has 1 unspecified atom stereocenters. The van der Waals surface area contributed by atoms with Gasteiger partial charge in [-0.3, -0.25) is 0 Å². The molecule has 0 bridgehead atoms. The van der Waals surface area contributed by atoms with Crippen molar-refractivity contribution in [3.8, 4) is 11.8 Å². The van der Waals surface area contributed by atoms with Gasteiger partial charge in [0.15, 0.2) is 0 Å². The van der Waals surface area contributed by atoms with E-state index in [0.29, 0.717) is 6.42 Å². The van der Waals surface area contributed by atoms with E-state index in [2.05, 4.69) is 24.8 Å². The highest BCUT2D eigenvalue weighted by Crippen LogP contribution is 2.22. The van der Waals surface area contributed by atoms with Crippen LogP contribution in [-0.2, 0) is 0 Å². The summed E-state index contributed by atoms with van der Waals surface area (Å²) in [6.45, 7) is 5.92. The van der Waals surface area contributed by atoms with Crippen molar-refractivity contribution >= 4 is 0 Å². The third-order valence-electron chi connectivity index (χ3n) is 2.50. The van der Waals surface area contributed by atoms with Crippen LogP contribution in [0.2, 0.25) is 0 Å². The van der Waals surface area contributed by atoms with Crippen molar-refractivity contribution in [3.63, 3.8) is 0 Å². The van der Waals surface area contributed by atoms with Crippen LogP contribution in [0.5, 0.6) is 0 Å². The standard InChI is InChI=1S/C14H18O/c1-4-5-6-7-14(15)13-9-8-11(2)10-12(13)3/h8-10,14-15H,6-7H2,1-3H3. The molecule has 0 radical (unpaired) electrons. The second-order valence-corrected chi connectivity index (χ2v) is 3.84. The van der Waals surface area contributed by atoms with Crippen LogP contribution in [0, 0.1) is 25.7 Å². The molecule has 0 aliphatic heterocycles. The summed E-state index contributed by atoms with van der Waals surface area (Å²) in [6.07, 6.45) is 1.09. The number of aliphatic hydroxyl groups is 1. The van der Waals surface area contributed by atoms with Crippen molar-refractivity contribution in [2.75, 3.05) is 0 Å². The Kier molecular flexibility index (Phi) is 4.39. The highest BCUT2D eigenvalue weighted by Gasteiger charge is 2.08. The molecule has 1 nitrogen and oxygen atoms in total. The summed E-state index contributed by atoms with van der Waals surface area (Å²) in [5.74, 6) is 5.81. The molecule has 1 rings (SSSR count). The van der Waals surface area contributed by atoms with E-state index in [4.69, 9.17) is 0 Å². The molecular formula is C14H18O. The Morgan fingerprint density at radius 1 is 1.33 bits per heavy atom. The van der Waals surface area contributed by atoms with Crippen LogP contribution in [0.1, 0.15) is 42.6 Å². The van der Waals surface area contributed by atoms with Gasteiger partial charge in [-0.2, -0.15) is 0 Å². The van der Waals surface area contributed by atoms with Gasteiger partial charge in [-0.15, -0.1) is 11.8 Å². The number of rotatable bonds is 3. The number of hydrogen-bond donors (Lipinski definition) is 1. The maximum Gasteiger partial charge on any atom is 0.0801 e. The van der Waals surface area contributed by atoms with Crippen LogP contribution >= 0.6 is 0 Å². The van der Waals surface area contributed by atoms with Gasteiger partial charge in [0.25, 0.3) is 0 Å². The second kappa shape index (κ2) is 5.58. The minimum absolute atomic E-state index is 0.383. The monoisotopic (exact) mass is 202 g/mol. The van der Waals surface area contributed by atoms with E-state index in [0.717, 1.165) is 17.5 Å². The smallest absolute Gasteiger partial charge is 0.0801 e. The van der Waals surface area contributed by atoms with Crippen molar-refractivity contribution in [2.24, 2.45) is 0 Å². The fourth-order valence-electron chi connectivity index (χ4n) is 1.69. The molecule has 1 heteroatoms. The lowest BCUT2D eigenvalue weighted by Gasteiger charge is -2.12. The summed E-state index contributed by atoms with van der Waals surface area (Å²) < 4.78 is 0. The van der Waals surface area contributed by atoms with E-state index < -0.39 is 0 Å². The molecule has 0 aromatic heterocycles. The fraction of sp³-hybridized carbons (Fsp3) is 0.429. The second-order valence-electron chi connectivity index (χ2n) is 3.84. The first kappa shape index (κ1) is 11.8. The summed E-state index contributed by atoms with van der Waals surface area (Å²) in [6, 6.07) is 6.15. The Morgan fingerprint density at radius 2 is 2.07 bits per heavy atom. The fourth-order valence-corrected chi connectivity index (χ4v) is 1.69. The maximum absolute atomic E-state index is 9.95. The zero-order chi connectivity index (χ0) is 11.3. The molecule has 0 fully saturated rings. The van der Waals surface area contributed by atoms with Gasteiger partial charge in [0.05, 0.1) is 6.10 Å². The van der Waals surface area contributed by atoms with Crippen molar-refractivity contribution < 1.29 is 5.11 Å². The van der Waals surface area contributed by atoms with Crippen LogP contribution in [0.3, 0.4) is 0 Å². The molecule has 0 saturated heterocycles. The highest BCUT2D eigenvalue weighted by molar-refractivity contribution is 5.32. The van der Waals surface area contributed by atoms with Crippen LogP contribution in [0.15, 0.2) is 18.2 Å². The van der Waals surface area contributed by atoms with Crippen molar-refractivity contribution in [3.05, 3.63) is 34.9 Å². The summed E-state index contributed by atoms with van der Waals surface area (Å²) >= 11 is 0. The van der Waals surface area contributed by atoms with E-state index in [9.17, 15) is 5.11 Å². The van der Waals surface area contributed by atoms with Crippen molar-refractivity contribution in [1.29, 1.82) is 0 Å². The highest BCUT2D eigenvalue weighted by atomic mass is 16.3. The first-order chi connectivity index (χ1) is 7.15. The van der Waals surface area contributed by atoms with E-state index in [1.807, 2.05) is 26.0 Å². The molecule has 1 aromatic carbocycles. The number of aryl methyl sites for hydroxylation is 2. The lowest BCUT2D eigenvalue weighted by atomic mass is 9.98. The van der Waals surface area contributed by atoms with Gasteiger partial charge in [0, 0.05) is 6.42 Å². The molecule has 1 N–H and O–H groups in total. The number of hydrogen-bond acceptors (Lipinski definition) is 1. The van der Waals surface area contributed by atoms with Gasteiger partial charge >= 0.3 is 0 Å². The van der Waals surface area contributed by atoms with Gasteiger partial charge in [-0.25, -0.2) is 0 Å². The van der Waals surface area contributed by atoms with Gasteiger partial charge in [0.2, 0.25) is 0 Å². The lowest BCUT2D eigenvalue weighted by Crippen LogP contribution is -1.99. The molecule has 0 spiro atoms. The zero-order valence-corrected chi connectivity index (χ0v) is 9.67. The predicted molar refractivity (Wildman–Crippen MR) is 63.6 cm³/mol. The molecule has 0 aliphatic rings. The average Bonchev–Trinajstić information content (AvgIpc) is 2.17. The van der Waals surface area contributed by atoms with E-state index >= 15 is 0 Å². The van der Waals surface area contributed by atoms with Crippen LogP contribution in [-0.4, -0.2) is 5.11 Å². The van der Waals surface area contributed by atoms with Gasteiger partial charge in [0.1, 0.15) is 0 Å². The van der Waals surface area contributed by atoms with E-state index in [1.165, 1.54) is 5.56 Å². The van der Waals surface area contributed by atoms with E-state index in [1.54, 1.807) is 0 Å². The summed E-state index contributed by atoms with van der Waals surface area (Å²) in [5, 5.41) is 9.95. The Bertz CT molecular complexity index is 382. The van der Waals surface area contributed by atoms with Crippen molar-refractivity contribution in [2.45, 2.75) is 39.7 Å². The Morgan fingerprint density at radius 3 is 2.67 bits per heavy atom. The van der Waals surface area contributed by atoms with Crippen LogP contribution in [0.4, 0.5) is 0 Å². The first-order valence-corrected chi connectivity index (χ1v) is 5.30. The van der Waals surface area contributed by atoms with Gasteiger partial charge in [-0.1, -0.05) is 23.8 Å². The SMILES string of the molecule is CC#CCCC(O)c1ccc(C)cc1C. The molecule has 80 valence electrons. The molecule has 0 aliphatic carbocycles. The summed E-state index contributed by atoms with van der Waals surface area (Å²) in [7, 11) is 0. The molecule has 0 heterocycles. The van der Waals surface area contributed by atoms with Gasteiger partial charge in [-0.05, 0) is 38.3 Å².